The van der Waals surface area contributed by atoms with Gasteiger partial charge in [-0.25, -0.2) is 0 Å². The zero-order valence-corrected chi connectivity index (χ0v) is 18.9. The lowest BCUT2D eigenvalue weighted by Gasteiger charge is -2.49. The minimum absolute atomic E-state index is 1.05. The van der Waals surface area contributed by atoms with Crippen LogP contribution >= 0.6 is 0 Å². The maximum absolute atomic E-state index is 2.88. The van der Waals surface area contributed by atoms with E-state index in [1.54, 1.807) is 83.5 Å². The Hall–Kier alpha value is 0.217. The largest absolute Gasteiger partial charge is 0.0689 e. The predicted octanol–water partition coefficient (Wildman–Crippen LogP) is 7.91. The lowest BCUT2D eigenvalue weighted by Crippen LogP contribution is -2.46. The normalized spacial score (nSPS) is 51.6. The molecule has 0 aromatic rings. The molecule has 5 saturated carbocycles. The van der Waals surface area contributed by atoms with E-state index in [2.05, 4.69) is 20.0 Å². The van der Waals surface area contributed by atoms with E-state index < -0.39 is 8.07 Å². The van der Waals surface area contributed by atoms with Crippen molar-refractivity contribution < 1.29 is 0 Å². The number of hydrogen-bond donors (Lipinski definition) is 0. The van der Waals surface area contributed by atoms with Gasteiger partial charge in [-0.2, -0.15) is 0 Å². The molecule has 9 unspecified atom stereocenters. The average Bonchev–Trinajstić information content (AvgIpc) is 3.22. The quantitative estimate of drug-likeness (QED) is 0.432. The molecule has 0 N–H and O–H groups in total. The smallest absolute Gasteiger partial charge is 0.0544 e. The van der Waals surface area contributed by atoms with Gasteiger partial charge in [0, 0.05) is 0 Å². The van der Waals surface area contributed by atoms with E-state index in [0.717, 1.165) is 41.4 Å². The summed E-state index contributed by atoms with van der Waals surface area (Å²) < 4.78 is 0. The van der Waals surface area contributed by atoms with Crippen LogP contribution in [-0.2, 0) is 0 Å². The summed E-state index contributed by atoms with van der Waals surface area (Å²) >= 11 is 0. The monoisotopic (exact) mass is 372 g/mol. The molecular formula is C25H44Si. The van der Waals surface area contributed by atoms with Crippen LogP contribution in [0.4, 0.5) is 0 Å². The zero-order chi connectivity index (χ0) is 17.9. The van der Waals surface area contributed by atoms with Crippen molar-refractivity contribution in [3.63, 3.8) is 0 Å². The fourth-order valence-electron chi connectivity index (χ4n) is 10.1. The van der Waals surface area contributed by atoms with Crippen molar-refractivity contribution in [1.82, 2.24) is 0 Å². The van der Waals surface area contributed by atoms with Crippen molar-refractivity contribution in [2.45, 2.75) is 115 Å². The highest BCUT2D eigenvalue weighted by Gasteiger charge is 2.57. The molecule has 5 fully saturated rings. The molecule has 5 aliphatic rings. The van der Waals surface area contributed by atoms with Gasteiger partial charge in [-0.3, -0.25) is 0 Å². The van der Waals surface area contributed by atoms with Crippen LogP contribution in [0, 0.1) is 41.4 Å². The van der Waals surface area contributed by atoms with Gasteiger partial charge in [0.15, 0.2) is 0 Å². The van der Waals surface area contributed by atoms with Crippen LogP contribution in [0.1, 0.15) is 90.4 Å². The summed E-state index contributed by atoms with van der Waals surface area (Å²) in [6.07, 6.45) is 20.6. The van der Waals surface area contributed by atoms with Gasteiger partial charge >= 0.3 is 0 Å². The first-order valence-electron chi connectivity index (χ1n) is 12.6. The number of hydrogen-bond acceptors (Lipinski definition) is 0. The minimum atomic E-state index is -1.17. The molecule has 26 heavy (non-hydrogen) atoms. The van der Waals surface area contributed by atoms with Crippen LogP contribution in [0.2, 0.25) is 24.2 Å². The van der Waals surface area contributed by atoms with Crippen LogP contribution in [0.5, 0.6) is 0 Å². The molecule has 9 atom stereocenters. The van der Waals surface area contributed by atoms with Gasteiger partial charge in [0.2, 0.25) is 0 Å². The van der Waals surface area contributed by atoms with Crippen molar-refractivity contribution in [2.24, 2.45) is 41.4 Å². The summed E-state index contributed by atoms with van der Waals surface area (Å²) in [5.41, 5.74) is 2.35. The third-order valence-electron chi connectivity index (χ3n) is 10.8. The van der Waals surface area contributed by atoms with E-state index in [1.165, 1.54) is 11.1 Å². The molecule has 0 aromatic carbocycles. The van der Waals surface area contributed by atoms with Crippen LogP contribution in [0.25, 0.3) is 0 Å². The second-order valence-electron chi connectivity index (χ2n) is 12.1. The molecule has 148 valence electrons. The highest BCUT2D eigenvalue weighted by molar-refractivity contribution is 6.80. The second-order valence-corrected chi connectivity index (χ2v) is 17.1. The number of fused-ring (bicyclic) bond motifs is 4. The highest BCUT2D eigenvalue weighted by Crippen LogP contribution is 2.65. The lowest BCUT2D eigenvalue weighted by molar-refractivity contribution is 0.0719. The molecule has 0 nitrogen and oxygen atoms in total. The Morgan fingerprint density at radius 2 is 1.19 bits per heavy atom. The van der Waals surface area contributed by atoms with Crippen molar-refractivity contribution in [3.05, 3.63) is 0 Å². The Balaban J connectivity index is 1.38. The minimum Gasteiger partial charge on any atom is -0.0689 e. The molecule has 0 heterocycles. The van der Waals surface area contributed by atoms with E-state index in [4.69, 9.17) is 0 Å². The van der Waals surface area contributed by atoms with Crippen molar-refractivity contribution in [3.8, 4) is 0 Å². The third-order valence-corrected chi connectivity index (χ3v) is 16.1. The van der Waals surface area contributed by atoms with Gasteiger partial charge in [0.05, 0.1) is 8.07 Å². The van der Waals surface area contributed by atoms with Crippen molar-refractivity contribution in [2.75, 3.05) is 0 Å². The molecule has 0 radical (unpaired) electrons. The van der Waals surface area contributed by atoms with Gasteiger partial charge in [-0.1, -0.05) is 77.8 Å². The summed E-state index contributed by atoms with van der Waals surface area (Å²) in [5, 5.41) is 0. The van der Waals surface area contributed by atoms with Gasteiger partial charge in [0.25, 0.3) is 0 Å². The predicted molar refractivity (Wildman–Crippen MR) is 115 cm³/mol. The van der Waals surface area contributed by atoms with Crippen molar-refractivity contribution >= 4 is 8.07 Å². The molecule has 0 aliphatic heterocycles. The van der Waals surface area contributed by atoms with E-state index in [1.807, 2.05) is 0 Å². The van der Waals surface area contributed by atoms with E-state index in [9.17, 15) is 0 Å². The van der Waals surface area contributed by atoms with Gasteiger partial charge in [-0.05, 0) is 78.2 Å². The van der Waals surface area contributed by atoms with Gasteiger partial charge < -0.3 is 0 Å². The Morgan fingerprint density at radius 3 is 1.96 bits per heavy atom. The Labute approximate surface area is 164 Å². The molecule has 0 saturated heterocycles. The standard InChI is InChI=1S/C25H44Si/c1-17-16-23-20-10-6-4-8-18(20)12-14-22(23)25(17)26(2,3)24-15-13-19-9-5-7-11-21(19)24/h17-25H,4-16H2,1-3H3. The van der Waals surface area contributed by atoms with Gasteiger partial charge in [-0.15, -0.1) is 0 Å². The van der Waals surface area contributed by atoms with Crippen LogP contribution < -0.4 is 0 Å². The summed E-state index contributed by atoms with van der Waals surface area (Å²) in [6.45, 7) is 8.46. The highest BCUT2D eigenvalue weighted by atomic mass is 28.3. The topological polar surface area (TPSA) is 0 Å². The first kappa shape index (κ1) is 18.3. The molecule has 0 aromatic heterocycles. The second kappa shape index (κ2) is 6.92. The molecular weight excluding hydrogens is 328 g/mol. The summed E-state index contributed by atoms with van der Waals surface area (Å²) in [4.78, 5) is 0. The van der Waals surface area contributed by atoms with E-state index in [0.29, 0.717) is 0 Å². The molecule has 0 spiro atoms. The first-order chi connectivity index (χ1) is 12.6. The van der Waals surface area contributed by atoms with Crippen molar-refractivity contribution in [1.29, 1.82) is 0 Å². The summed E-state index contributed by atoms with van der Waals surface area (Å²) in [6, 6.07) is 0. The fraction of sp³-hybridized carbons (Fsp3) is 1.00. The van der Waals surface area contributed by atoms with Crippen LogP contribution in [0.3, 0.4) is 0 Å². The maximum atomic E-state index is 2.88. The fourth-order valence-corrected chi connectivity index (χ4v) is 16.1. The zero-order valence-electron chi connectivity index (χ0n) is 17.9. The van der Waals surface area contributed by atoms with Gasteiger partial charge in [0.1, 0.15) is 0 Å². The molecule has 0 bridgehead atoms. The summed E-state index contributed by atoms with van der Waals surface area (Å²) in [5.74, 6) is 7.92. The van der Waals surface area contributed by atoms with E-state index in [-0.39, 0.29) is 0 Å². The third kappa shape index (κ3) is 2.81. The maximum Gasteiger partial charge on any atom is 0.0544 e. The average molecular weight is 373 g/mol. The summed E-state index contributed by atoms with van der Waals surface area (Å²) in [7, 11) is -1.17. The Kier molecular flexibility index (Phi) is 4.86. The molecule has 0 amide bonds. The van der Waals surface area contributed by atoms with E-state index >= 15 is 0 Å². The lowest BCUT2D eigenvalue weighted by atomic mass is 9.62. The first-order valence-corrected chi connectivity index (χ1v) is 15.7. The SMILES string of the molecule is CC1CC2C3CCCCC3CCC2C1[Si](C)(C)C1CCC2CCCCC21. The molecule has 5 rings (SSSR count). The van der Waals surface area contributed by atoms with Crippen LogP contribution in [0.15, 0.2) is 0 Å². The molecule has 5 aliphatic carbocycles. The Morgan fingerprint density at radius 1 is 0.577 bits per heavy atom. The molecule has 1 heteroatoms. The van der Waals surface area contributed by atoms with Crippen LogP contribution in [-0.4, -0.2) is 8.07 Å². The number of rotatable bonds is 2. The Bertz CT molecular complexity index is 510.